The summed E-state index contributed by atoms with van der Waals surface area (Å²) in [7, 11) is 0. The monoisotopic (exact) mass is 98.0 g/mol. The van der Waals surface area contributed by atoms with Crippen LogP contribution in [-0.2, 0) is 0 Å². The van der Waals surface area contributed by atoms with Crippen LogP contribution in [0.1, 0.15) is 6.42 Å². The minimum atomic E-state index is 0.671. The Morgan fingerprint density at radius 1 is 1.83 bits per heavy atom. The van der Waals surface area contributed by atoms with Gasteiger partial charge in [-0.25, -0.2) is 0 Å². The molecule has 0 aromatic heterocycles. The molecular formula is C5H6S. The van der Waals surface area contributed by atoms with Gasteiger partial charge in [0.1, 0.15) is 0 Å². The fraction of sp³-hybridized carbons (Fsp3) is 0.400. The molecule has 0 nitrogen and oxygen atoms in total. The van der Waals surface area contributed by atoms with Crippen LogP contribution in [0.15, 0.2) is 0 Å². The summed E-state index contributed by atoms with van der Waals surface area (Å²) in [6.07, 6.45) is 7.48. The highest BCUT2D eigenvalue weighted by atomic mass is 32.1. The van der Waals surface area contributed by atoms with Gasteiger partial charge in [-0.05, 0) is 6.42 Å². The third kappa shape index (κ3) is 3.91. The van der Waals surface area contributed by atoms with Crippen molar-refractivity contribution in [2.75, 3.05) is 5.75 Å². The Labute approximate surface area is 44.4 Å². The van der Waals surface area contributed by atoms with Crippen LogP contribution < -0.4 is 0 Å². The van der Waals surface area contributed by atoms with Gasteiger partial charge in [-0.1, -0.05) is 12.6 Å². The lowest BCUT2D eigenvalue weighted by Gasteiger charge is -1.77. The summed E-state index contributed by atoms with van der Waals surface area (Å²) in [5, 5.41) is 0. The van der Waals surface area contributed by atoms with Crippen molar-refractivity contribution >= 4 is 12.6 Å². The third-order valence-corrected chi connectivity index (χ3v) is 0.616. The van der Waals surface area contributed by atoms with E-state index in [-0.39, 0.29) is 0 Å². The van der Waals surface area contributed by atoms with Gasteiger partial charge >= 0.3 is 0 Å². The van der Waals surface area contributed by atoms with Crippen molar-refractivity contribution in [3.05, 3.63) is 6.42 Å². The molecule has 0 unspecified atom stereocenters. The Kier molecular flexibility index (Phi) is 4.84. The molecule has 0 amide bonds. The predicted octanol–water partition coefficient (Wildman–Crippen LogP) is 1.41. The molecule has 0 aliphatic rings. The molecule has 2 radical (unpaired) electrons. The van der Waals surface area contributed by atoms with Crippen LogP contribution in [0.4, 0.5) is 0 Å². The second kappa shape index (κ2) is 4.91. The van der Waals surface area contributed by atoms with E-state index >= 15 is 0 Å². The smallest absolute Gasteiger partial charge is 0.0126 e. The Morgan fingerprint density at radius 2 is 2.50 bits per heavy atom. The summed E-state index contributed by atoms with van der Waals surface area (Å²) in [5.41, 5.74) is 0. The van der Waals surface area contributed by atoms with Crippen molar-refractivity contribution in [2.45, 2.75) is 6.42 Å². The van der Waals surface area contributed by atoms with Gasteiger partial charge in [-0.15, -0.1) is 12.3 Å². The van der Waals surface area contributed by atoms with Gasteiger partial charge in [-0.3, -0.25) is 0 Å². The zero-order valence-corrected chi connectivity index (χ0v) is 4.29. The molecule has 6 heavy (non-hydrogen) atoms. The van der Waals surface area contributed by atoms with Gasteiger partial charge in [0, 0.05) is 12.2 Å². The standard InChI is InChI=1S/C5H6S/c1-2-3-4-5-6/h1,4H,3,5H2. The van der Waals surface area contributed by atoms with E-state index in [9.17, 15) is 0 Å². The zero-order valence-electron chi connectivity index (χ0n) is 3.48. The van der Waals surface area contributed by atoms with Crippen molar-refractivity contribution in [3.63, 3.8) is 0 Å². The van der Waals surface area contributed by atoms with Gasteiger partial charge in [0.15, 0.2) is 0 Å². The summed E-state index contributed by atoms with van der Waals surface area (Å²) in [5.74, 6) is 3.12. The molecule has 0 spiro atoms. The van der Waals surface area contributed by atoms with Crippen LogP contribution in [0.25, 0.3) is 0 Å². The van der Waals surface area contributed by atoms with Gasteiger partial charge < -0.3 is 0 Å². The lowest BCUT2D eigenvalue weighted by atomic mass is 10.4. The lowest BCUT2D eigenvalue weighted by Crippen LogP contribution is -1.70. The highest BCUT2D eigenvalue weighted by molar-refractivity contribution is 7.80. The minimum absolute atomic E-state index is 0.671. The van der Waals surface area contributed by atoms with Crippen LogP contribution in [0, 0.1) is 18.8 Å². The molecule has 0 aromatic rings. The highest BCUT2D eigenvalue weighted by Crippen LogP contribution is 1.84. The predicted molar refractivity (Wildman–Crippen MR) is 30.2 cm³/mol. The molecule has 0 bridgehead atoms. The second-order valence-electron chi connectivity index (χ2n) is 0.864. The van der Waals surface area contributed by atoms with Crippen molar-refractivity contribution in [1.29, 1.82) is 0 Å². The van der Waals surface area contributed by atoms with Crippen LogP contribution in [0.5, 0.6) is 0 Å². The lowest BCUT2D eigenvalue weighted by molar-refractivity contribution is 1.28. The average molecular weight is 98.2 g/mol. The van der Waals surface area contributed by atoms with Gasteiger partial charge in [-0.2, -0.15) is 0 Å². The number of hydrogen-bond donors (Lipinski definition) is 0. The van der Waals surface area contributed by atoms with Gasteiger partial charge in [0.25, 0.3) is 0 Å². The van der Waals surface area contributed by atoms with E-state index in [2.05, 4.69) is 18.5 Å². The van der Waals surface area contributed by atoms with E-state index in [0.717, 1.165) is 0 Å². The zero-order chi connectivity index (χ0) is 4.83. The second-order valence-corrected chi connectivity index (χ2v) is 1.20. The quantitative estimate of drug-likeness (QED) is 0.362. The van der Waals surface area contributed by atoms with Crippen LogP contribution >= 0.6 is 12.6 Å². The minimum Gasteiger partial charge on any atom is -0.120 e. The maximum atomic E-state index is 4.89. The Morgan fingerprint density at radius 3 is 2.67 bits per heavy atom. The molecule has 0 saturated heterocycles. The van der Waals surface area contributed by atoms with Crippen molar-refractivity contribution < 1.29 is 0 Å². The van der Waals surface area contributed by atoms with E-state index in [0.29, 0.717) is 12.2 Å². The molecule has 0 aromatic carbocycles. The van der Waals surface area contributed by atoms with E-state index < -0.39 is 0 Å². The summed E-state index contributed by atoms with van der Waals surface area (Å²) in [4.78, 5) is 0. The molecule has 1 heteroatoms. The first-order valence-corrected chi connectivity index (χ1v) is 2.32. The molecule has 32 valence electrons. The normalized spacial score (nSPS) is 7.33. The molecule has 0 rings (SSSR count). The first-order chi connectivity index (χ1) is 2.91. The first kappa shape index (κ1) is 5.91. The molecular weight excluding hydrogens is 92.1 g/mol. The van der Waals surface area contributed by atoms with E-state index in [4.69, 9.17) is 6.42 Å². The first-order valence-electron chi connectivity index (χ1n) is 1.75. The number of unbranched alkanes of at least 4 members (excludes halogenated alkanes) is 1. The van der Waals surface area contributed by atoms with E-state index in [1.807, 2.05) is 6.42 Å². The van der Waals surface area contributed by atoms with Gasteiger partial charge in [0.05, 0.1) is 0 Å². The summed E-state index contributed by atoms with van der Waals surface area (Å²) in [6, 6.07) is 0. The molecule has 0 saturated carbocycles. The summed E-state index contributed by atoms with van der Waals surface area (Å²) < 4.78 is 0. The van der Waals surface area contributed by atoms with Crippen molar-refractivity contribution in [2.24, 2.45) is 0 Å². The molecule has 0 N–H and O–H groups in total. The molecule has 0 atom stereocenters. The molecule has 0 heterocycles. The average Bonchev–Trinajstić information content (AvgIpc) is 1.61. The largest absolute Gasteiger partial charge is 0.120 e. The summed E-state index contributed by atoms with van der Waals surface area (Å²) >= 11 is 4.57. The fourth-order valence-electron chi connectivity index (χ4n) is 0.142. The number of rotatable bonds is 2. The topological polar surface area (TPSA) is 0 Å². The van der Waals surface area contributed by atoms with Crippen molar-refractivity contribution in [1.82, 2.24) is 0 Å². The number of terminal acetylenes is 1. The SMILES string of the molecule is C#CC[CH]C[S]. The van der Waals surface area contributed by atoms with Crippen LogP contribution in [0.3, 0.4) is 0 Å². The van der Waals surface area contributed by atoms with Crippen molar-refractivity contribution in [3.8, 4) is 12.3 Å². The van der Waals surface area contributed by atoms with E-state index in [1.54, 1.807) is 0 Å². The van der Waals surface area contributed by atoms with Crippen LogP contribution in [-0.4, -0.2) is 5.75 Å². The highest BCUT2D eigenvalue weighted by Gasteiger charge is 1.73. The maximum absolute atomic E-state index is 4.89. The van der Waals surface area contributed by atoms with E-state index in [1.165, 1.54) is 0 Å². The fourth-order valence-corrected chi connectivity index (χ4v) is 0.260. The van der Waals surface area contributed by atoms with Crippen LogP contribution in [0.2, 0.25) is 0 Å². The molecule has 0 aliphatic heterocycles. The Balaban J connectivity index is 2.54. The summed E-state index contributed by atoms with van der Waals surface area (Å²) in [6.45, 7) is 0. The molecule has 0 fully saturated rings. The Bertz CT molecular complexity index is 51.4. The maximum Gasteiger partial charge on any atom is 0.0126 e. The third-order valence-electron chi connectivity index (χ3n) is 0.380. The molecule has 0 aliphatic carbocycles. The Hall–Kier alpha value is -0.0900. The number of hydrogen-bond acceptors (Lipinski definition) is 0. The van der Waals surface area contributed by atoms with Gasteiger partial charge in [0.2, 0.25) is 0 Å².